The fourth-order valence-corrected chi connectivity index (χ4v) is 2.94. The van der Waals surface area contributed by atoms with E-state index < -0.39 is 0 Å². The first kappa shape index (κ1) is 14.5. The Morgan fingerprint density at radius 3 is 2.63 bits per heavy atom. The number of benzene rings is 1. The summed E-state index contributed by atoms with van der Waals surface area (Å²) in [6, 6.07) is 10.7. The zero-order valence-electron chi connectivity index (χ0n) is 12.6. The number of methoxy groups -OCH3 is 1. The summed E-state index contributed by atoms with van der Waals surface area (Å²) >= 11 is 0. The molecule has 3 heteroatoms. The molecule has 1 saturated heterocycles. The molecule has 1 heterocycles. The van der Waals surface area contributed by atoms with Gasteiger partial charge in [-0.25, -0.2) is 0 Å². The Hall–Kier alpha value is -0.900. The van der Waals surface area contributed by atoms with Crippen LogP contribution in [-0.2, 0) is 10.3 Å². The molecule has 0 aromatic heterocycles. The summed E-state index contributed by atoms with van der Waals surface area (Å²) in [5.41, 5.74) is 1.45. The molecule has 1 N–H and O–H groups in total. The van der Waals surface area contributed by atoms with E-state index in [1.165, 1.54) is 5.56 Å². The number of ether oxygens (including phenoxy) is 1. The van der Waals surface area contributed by atoms with Gasteiger partial charge in [0.2, 0.25) is 0 Å². The van der Waals surface area contributed by atoms with E-state index in [9.17, 15) is 0 Å². The van der Waals surface area contributed by atoms with Crippen LogP contribution in [0.3, 0.4) is 0 Å². The van der Waals surface area contributed by atoms with Crippen molar-refractivity contribution in [1.82, 2.24) is 10.2 Å². The van der Waals surface area contributed by atoms with Gasteiger partial charge in [0, 0.05) is 32.3 Å². The maximum atomic E-state index is 5.37. The minimum Gasteiger partial charge on any atom is -0.383 e. The number of nitrogens with zero attached hydrogens (tertiary/aromatic N) is 1. The summed E-state index contributed by atoms with van der Waals surface area (Å²) in [4.78, 5) is 2.53. The molecule has 1 aliphatic rings. The van der Waals surface area contributed by atoms with E-state index in [4.69, 9.17) is 4.74 Å². The molecule has 1 aromatic rings. The largest absolute Gasteiger partial charge is 0.383 e. The zero-order valence-corrected chi connectivity index (χ0v) is 12.6. The molecule has 2 rings (SSSR count). The number of nitrogens with one attached hydrogen (secondary N) is 1. The van der Waals surface area contributed by atoms with Crippen molar-refractivity contribution in [3.63, 3.8) is 0 Å². The van der Waals surface area contributed by atoms with Gasteiger partial charge in [0.1, 0.15) is 0 Å². The maximum absolute atomic E-state index is 5.37. The van der Waals surface area contributed by atoms with Gasteiger partial charge < -0.3 is 10.1 Å². The van der Waals surface area contributed by atoms with E-state index in [1.54, 1.807) is 7.11 Å². The lowest BCUT2D eigenvalue weighted by Crippen LogP contribution is -2.62. The second-order valence-corrected chi connectivity index (χ2v) is 6.29. The molecule has 19 heavy (non-hydrogen) atoms. The van der Waals surface area contributed by atoms with Gasteiger partial charge in [-0.05, 0) is 26.3 Å². The first-order valence-corrected chi connectivity index (χ1v) is 7.02. The molecule has 1 unspecified atom stereocenters. The zero-order chi connectivity index (χ0) is 13.9. The van der Waals surface area contributed by atoms with E-state index in [0.29, 0.717) is 0 Å². The van der Waals surface area contributed by atoms with E-state index in [0.717, 1.165) is 26.2 Å². The van der Waals surface area contributed by atoms with Gasteiger partial charge in [0.25, 0.3) is 0 Å². The Morgan fingerprint density at radius 2 is 2.00 bits per heavy atom. The van der Waals surface area contributed by atoms with Gasteiger partial charge in [-0.1, -0.05) is 30.3 Å². The third kappa shape index (κ3) is 3.16. The van der Waals surface area contributed by atoms with Crippen molar-refractivity contribution in [2.45, 2.75) is 31.8 Å². The SMILES string of the molecule is COCC(C)(C)N1CCNC(C)(c2ccccc2)C1. The molecule has 1 atom stereocenters. The van der Waals surface area contributed by atoms with Crippen molar-refractivity contribution >= 4 is 0 Å². The van der Waals surface area contributed by atoms with Gasteiger partial charge in [0.05, 0.1) is 12.1 Å². The van der Waals surface area contributed by atoms with Crippen molar-refractivity contribution in [3.8, 4) is 0 Å². The Labute approximate surface area is 116 Å². The summed E-state index contributed by atoms with van der Waals surface area (Å²) in [6.45, 7) is 10.7. The minimum atomic E-state index is 0.0184. The number of rotatable bonds is 4. The average molecular weight is 262 g/mol. The molecular weight excluding hydrogens is 236 g/mol. The summed E-state index contributed by atoms with van der Waals surface area (Å²) in [5, 5.41) is 3.67. The first-order chi connectivity index (χ1) is 8.98. The monoisotopic (exact) mass is 262 g/mol. The van der Waals surface area contributed by atoms with Gasteiger partial charge in [0.15, 0.2) is 0 Å². The number of hydrogen-bond acceptors (Lipinski definition) is 3. The molecule has 0 aliphatic carbocycles. The molecule has 0 spiro atoms. The van der Waals surface area contributed by atoms with Gasteiger partial charge in [-0.2, -0.15) is 0 Å². The Kier molecular flexibility index (Phi) is 4.29. The van der Waals surface area contributed by atoms with Crippen molar-refractivity contribution in [2.24, 2.45) is 0 Å². The van der Waals surface area contributed by atoms with Crippen molar-refractivity contribution in [1.29, 1.82) is 0 Å². The predicted octanol–water partition coefficient (Wildman–Crippen LogP) is 2.23. The molecule has 1 fully saturated rings. The Morgan fingerprint density at radius 1 is 1.32 bits per heavy atom. The molecule has 3 nitrogen and oxygen atoms in total. The Bertz CT molecular complexity index is 404. The first-order valence-electron chi connectivity index (χ1n) is 7.02. The summed E-state index contributed by atoms with van der Waals surface area (Å²) < 4.78 is 5.37. The van der Waals surface area contributed by atoms with Crippen molar-refractivity contribution in [3.05, 3.63) is 35.9 Å². The van der Waals surface area contributed by atoms with Crippen LogP contribution in [0.15, 0.2) is 30.3 Å². The van der Waals surface area contributed by atoms with Crippen LogP contribution in [-0.4, -0.2) is 43.8 Å². The van der Waals surface area contributed by atoms with Crippen LogP contribution in [0, 0.1) is 0 Å². The van der Waals surface area contributed by atoms with Crippen molar-refractivity contribution in [2.75, 3.05) is 33.4 Å². The third-order valence-corrected chi connectivity index (χ3v) is 4.17. The van der Waals surface area contributed by atoms with Crippen LogP contribution >= 0.6 is 0 Å². The molecule has 1 aromatic carbocycles. The van der Waals surface area contributed by atoms with Crippen LogP contribution in [0.2, 0.25) is 0 Å². The fraction of sp³-hybridized carbons (Fsp3) is 0.625. The standard InChI is InChI=1S/C16H26N2O/c1-15(2,13-19-4)18-11-10-17-16(3,12-18)14-8-6-5-7-9-14/h5-9,17H,10-13H2,1-4H3. The fourth-order valence-electron chi connectivity index (χ4n) is 2.94. The predicted molar refractivity (Wildman–Crippen MR) is 79.3 cm³/mol. The number of hydrogen-bond donors (Lipinski definition) is 1. The van der Waals surface area contributed by atoms with Gasteiger partial charge in [-0.15, -0.1) is 0 Å². The van der Waals surface area contributed by atoms with Crippen LogP contribution < -0.4 is 5.32 Å². The smallest absolute Gasteiger partial charge is 0.0641 e. The molecular formula is C16H26N2O. The maximum Gasteiger partial charge on any atom is 0.0641 e. The second kappa shape index (κ2) is 5.61. The highest BCUT2D eigenvalue weighted by atomic mass is 16.5. The molecule has 0 radical (unpaired) electrons. The lowest BCUT2D eigenvalue weighted by atomic mass is 9.87. The molecule has 0 amide bonds. The summed E-state index contributed by atoms with van der Waals surface area (Å²) in [5.74, 6) is 0. The highest BCUT2D eigenvalue weighted by Crippen LogP contribution is 2.28. The molecule has 0 bridgehead atoms. The third-order valence-electron chi connectivity index (χ3n) is 4.17. The second-order valence-electron chi connectivity index (χ2n) is 6.29. The van der Waals surface area contributed by atoms with Gasteiger partial charge in [-0.3, -0.25) is 4.90 Å². The van der Waals surface area contributed by atoms with E-state index >= 15 is 0 Å². The van der Waals surface area contributed by atoms with Gasteiger partial charge >= 0.3 is 0 Å². The van der Waals surface area contributed by atoms with E-state index in [2.05, 4.69) is 61.3 Å². The van der Waals surface area contributed by atoms with Crippen molar-refractivity contribution < 1.29 is 4.74 Å². The highest BCUT2D eigenvalue weighted by Gasteiger charge is 2.37. The quantitative estimate of drug-likeness (QED) is 0.900. The van der Waals surface area contributed by atoms with E-state index in [-0.39, 0.29) is 11.1 Å². The molecule has 0 saturated carbocycles. The topological polar surface area (TPSA) is 24.5 Å². The summed E-state index contributed by atoms with van der Waals surface area (Å²) in [7, 11) is 1.78. The van der Waals surface area contributed by atoms with Crippen LogP contribution in [0.1, 0.15) is 26.3 Å². The van der Waals surface area contributed by atoms with Crippen LogP contribution in [0.5, 0.6) is 0 Å². The number of piperazine rings is 1. The highest BCUT2D eigenvalue weighted by molar-refractivity contribution is 5.25. The lowest BCUT2D eigenvalue weighted by Gasteiger charge is -2.48. The van der Waals surface area contributed by atoms with Crippen LogP contribution in [0.25, 0.3) is 0 Å². The normalized spacial score (nSPS) is 25.5. The van der Waals surface area contributed by atoms with Crippen LogP contribution in [0.4, 0.5) is 0 Å². The molecule has 106 valence electrons. The Balaban J connectivity index is 2.17. The van der Waals surface area contributed by atoms with E-state index in [1.807, 2.05) is 0 Å². The molecule has 1 aliphatic heterocycles. The average Bonchev–Trinajstić information content (AvgIpc) is 2.40. The minimum absolute atomic E-state index is 0.0184. The summed E-state index contributed by atoms with van der Waals surface area (Å²) in [6.07, 6.45) is 0. The lowest BCUT2D eigenvalue weighted by molar-refractivity contribution is -0.000970.